The van der Waals surface area contributed by atoms with E-state index in [2.05, 4.69) is 19.2 Å². The van der Waals surface area contributed by atoms with Gasteiger partial charge in [0.2, 0.25) is 5.91 Å². The van der Waals surface area contributed by atoms with E-state index < -0.39 is 0 Å². The number of hydrogen-bond acceptors (Lipinski definition) is 2. The van der Waals surface area contributed by atoms with E-state index in [1.54, 1.807) is 0 Å². The van der Waals surface area contributed by atoms with Crippen molar-refractivity contribution in [3.8, 4) is 0 Å². The highest BCUT2D eigenvalue weighted by Gasteiger charge is 2.28. The Bertz CT molecular complexity index is 212. The Kier molecular flexibility index (Phi) is 5.81. The second-order valence-corrected chi connectivity index (χ2v) is 5.30. The van der Waals surface area contributed by atoms with Gasteiger partial charge in [0.05, 0.1) is 6.54 Å². The minimum Gasteiger partial charge on any atom is -0.342 e. The van der Waals surface area contributed by atoms with Crippen molar-refractivity contribution in [1.82, 2.24) is 10.2 Å². The van der Waals surface area contributed by atoms with Crippen molar-refractivity contribution in [2.24, 2.45) is 5.92 Å². The van der Waals surface area contributed by atoms with Gasteiger partial charge in [0.1, 0.15) is 0 Å². The number of carbonyl (C=O) groups is 1. The lowest BCUT2D eigenvalue weighted by atomic mass is 10.1. The molecule has 0 aliphatic heterocycles. The number of nitrogens with zero attached hydrogens (tertiary/aromatic N) is 1. The topological polar surface area (TPSA) is 32.3 Å². The zero-order valence-electron chi connectivity index (χ0n) is 11.0. The van der Waals surface area contributed by atoms with Crippen molar-refractivity contribution in [2.75, 3.05) is 20.1 Å². The van der Waals surface area contributed by atoms with Gasteiger partial charge in [-0.25, -0.2) is 0 Å². The number of likely N-dealkylation sites (N-methyl/N-ethyl adjacent to an activating group) is 1. The van der Waals surface area contributed by atoms with Crippen molar-refractivity contribution in [1.29, 1.82) is 0 Å². The van der Waals surface area contributed by atoms with Crippen LogP contribution in [0.2, 0.25) is 0 Å². The summed E-state index contributed by atoms with van der Waals surface area (Å²) in [6.07, 6.45) is 6.11. The highest BCUT2D eigenvalue weighted by atomic mass is 16.2. The fourth-order valence-electron chi connectivity index (χ4n) is 1.79. The van der Waals surface area contributed by atoms with E-state index in [9.17, 15) is 4.79 Å². The molecule has 0 aromatic rings. The first-order valence-electron chi connectivity index (χ1n) is 6.57. The third-order valence-corrected chi connectivity index (χ3v) is 3.15. The molecule has 0 heterocycles. The molecule has 0 aromatic heterocycles. The molecule has 0 spiro atoms. The average molecular weight is 226 g/mol. The molecule has 0 atom stereocenters. The predicted octanol–water partition coefficient (Wildman–Crippen LogP) is 2.02. The van der Waals surface area contributed by atoms with Crippen molar-refractivity contribution in [2.45, 2.75) is 52.0 Å². The normalized spacial score (nSPS) is 15.5. The lowest BCUT2D eigenvalue weighted by Crippen LogP contribution is -2.37. The Morgan fingerprint density at radius 2 is 2.06 bits per heavy atom. The second kappa shape index (κ2) is 6.89. The molecule has 1 saturated carbocycles. The molecule has 0 aromatic carbocycles. The Morgan fingerprint density at radius 3 is 2.62 bits per heavy atom. The minimum absolute atomic E-state index is 0.242. The average Bonchev–Trinajstić information content (AvgIpc) is 3.05. The van der Waals surface area contributed by atoms with Crippen LogP contribution in [-0.2, 0) is 4.79 Å². The van der Waals surface area contributed by atoms with Gasteiger partial charge in [-0.15, -0.1) is 0 Å². The van der Waals surface area contributed by atoms with Crippen LogP contribution in [0.4, 0.5) is 0 Å². The van der Waals surface area contributed by atoms with Gasteiger partial charge in [-0.2, -0.15) is 0 Å². The Balaban J connectivity index is 1.92. The van der Waals surface area contributed by atoms with Crippen LogP contribution in [0, 0.1) is 5.92 Å². The van der Waals surface area contributed by atoms with E-state index in [1.165, 1.54) is 32.1 Å². The molecule has 0 unspecified atom stereocenters. The first-order chi connectivity index (χ1) is 7.61. The first-order valence-corrected chi connectivity index (χ1v) is 6.57. The van der Waals surface area contributed by atoms with Crippen LogP contribution in [0.15, 0.2) is 0 Å². The van der Waals surface area contributed by atoms with E-state index in [4.69, 9.17) is 0 Å². The summed E-state index contributed by atoms with van der Waals surface area (Å²) in [4.78, 5) is 13.5. The van der Waals surface area contributed by atoms with Crippen LogP contribution < -0.4 is 5.32 Å². The molecule has 1 rings (SSSR count). The summed E-state index contributed by atoms with van der Waals surface area (Å²) in [5, 5.41) is 3.23. The zero-order valence-corrected chi connectivity index (χ0v) is 11.0. The summed E-state index contributed by atoms with van der Waals surface area (Å²) in [7, 11) is 1.92. The maximum Gasteiger partial charge on any atom is 0.236 e. The van der Waals surface area contributed by atoms with E-state index in [0.717, 1.165) is 12.5 Å². The van der Waals surface area contributed by atoms with Crippen LogP contribution in [0.3, 0.4) is 0 Å². The molecule has 94 valence electrons. The van der Waals surface area contributed by atoms with Crippen molar-refractivity contribution >= 4 is 5.91 Å². The molecule has 16 heavy (non-hydrogen) atoms. The molecule has 1 aliphatic carbocycles. The van der Waals surface area contributed by atoms with Crippen molar-refractivity contribution in [3.63, 3.8) is 0 Å². The van der Waals surface area contributed by atoms with Crippen LogP contribution in [-0.4, -0.2) is 37.0 Å². The fourth-order valence-corrected chi connectivity index (χ4v) is 1.79. The van der Waals surface area contributed by atoms with Gasteiger partial charge in [0, 0.05) is 13.1 Å². The molecule has 0 radical (unpaired) electrons. The smallest absolute Gasteiger partial charge is 0.236 e. The van der Waals surface area contributed by atoms with E-state index in [0.29, 0.717) is 12.6 Å². The second-order valence-electron chi connectivity index (χ2n) is 5.30. The number of nitrogens with one attached hydrogen (secondary N) is 1. The van der Waals surface area contributed by atoms with Gasteiger partial charge >= 0.3 is 0 Å². The van der Waals surface area contributed by atoms with Crippen molar-refractivity contribution < 1.29 is 4.79 Å². The van der Waals surface area contributed by atoms with Gasteiger partial charge < -0.3 is 10.2 Å². The van der Waals surface area contributed by atoms with Crippen LogP contribution >= 0.6 is 0 Å². The number of rotatable bonds is 8. The molecule has 3 heteroatoms. The first kappa shape index (κ1) is 13.5. The third kappa shape index (κ3) is 5.50. The summed E-state index contributed by atoms with van der Waals surface area (Å²) in [6.45, 7) is 5.98. The maximum atomic E-state index is 11.6. The summed E-state index contributed by atoms with van der Waals surface area (Å²) in [5.74, 6) is 1.04. The molecule has 0 saturated heterocycles. The quantitative estimate of drug-likeness (QED) is 0.642. The standard InChI is InChI=1S/C13H26N2O/c1-11(2)6-4-5-9-14-10-13(16)15(3)12-7-8-12/h11-12,14H,4-10H2,1-3H3. The van der Waals surface area contributed by atoms with E-state index >= 15 is 0 Å². The van der Waals surface area contributed by atoms with Crippen LogP contribution in [0.1, 0.15) is 46.0 Å². The van der Waals surface area contributed by atoms with Gasteiger partial charge in [-0.3, -0.25) is 4.79 Å². The molecule has 1 amide bonds. The van der Waals surface area contributed by atoms with Crippen LogP contribution in [0.25, 0.3) is 0 Å². The summed E-state index contributed by atoms with van der Waals surface area (Å²) < 4.78 is 0. The molecule has 0 bridgehead atoms. The lowest BCUT2D eigenvalue weighted by molar-refractivity contribution is -0.129. The van der Waals surface area contributed by atoms with Crippen LogP contribution in [0.5, 0.6) is 0 Å². The lowest BCUT2D eigenvalue weighted by Gasteiger charge is -2.16. The number of hydrogen-bond donors (Lipinski definition) is 1. The molecule has 3 nitrogen and oxygen atoms in total. The highest BCUT2D eigenvalue weighted by molar-refractivity contribution is 5.78. The summed E-state index contributed by atoms with van der Waals surface area (Å²) >= 11 is 0. The molecular formula is C13H26N2O. The SMILES string of the molecule is CC(C)CCCCNCC(=O)N(C)C1CC1. The number of unbranched alkanes of at least 4 members (excludes halogenated alkanes) is 1. The molecular weight excluding hydrogens is 200 g/mol. The monoisotopic (exact) mass is 226 g/mol. The zero-order chi connectivity index (χ0) is 12.0. The molecule has 1 aliphatic rings. The van der Waals surface area contributed by atoms with Gasteiger partial charge in [-0.1, -0.05) is 26.7 Å². The Morgan fingerprint density at radius 1 is 1.38 bits per heavy atom. The van der Waals surface area contributed by atoms with E-state index in [-0.39, 0.29) is 5.91 Å². The highest BCUT2D eigenvalue weighted by Crippen LogP contribution is 2.24. The minimum atomic E-state index is 0.242. The predicted molar refractivity (Wildman–Crippen MR) is 67.4 cm³/mol. The Labute approximate surface area is 99.6 Å². The van der Waals surface area contributed by atoms with Gasteiger partial charge in [0.25, 0.3) is 0 Å². The number of carbonyl (C=O) groups excluding carboxylic acids is 1. The fraction of sp³-hybridized carbons (Fsp3) is 0.923. The van der Waals surface area contributed by atoms with E-state index in [1.807, 2.05) is 11.9 Å². The van der Waals surface area contributed by atoms with Gasteiger partial charge in [0.15, 0.2) is 0 Å². The van der Waals surface area contributed by atoms with Crippen molar-refractivity contribution in [3.05, 3.63) is 0 Å². The summed E-state index contributed by atoms with van der Waals surface area (Å²) in [5.41, 5.74) is 0. The third-order valence-electron chi connectivity index (χ3n) is 3.15. The Hall–Kier alpha value is -0.570. The van der Waals surface area contributed by atoms with Gasteiger partial charge in [-0.05, 0) is 31.7 Å². The largest absolute Gasteiger partial charge is 0.342 e. The molecule has 1 N–H and O–H groups in total. The molecule has 1 fully saturated rings. The maximum absolute atomic E-state index is 11.6. The summed E-state index contributed by atoms with van der Waals surface area (Å²) in [6, 6.07) is 0.537. The number of amides is 1.